The van der Waals surface area contributed by atoms with Crippen molar-refractivity contribution in [2.45, 2.75) is 38.8 Å². The highest BCUT2D eigenvalue weighted by molar-refractivity contribution is 5.12. The van der Waals surface area contributed by atoms with Gasteiger partial charge in [-0.15, -0.1) is 0 Å². The average molecular weight is 291 g/mol. The van der Waals surface area contributed by atoms with E-state index in [0.717, 1.165) is 18.7 Å². The van der Waals surface area contributed by atoms with Crippen molar-refractivity contribution in [2.24, 2.45) is 7.05 Å². The van der Waals surface area contributed by atoms with Gasteiger partial charge in [0.1, 0.15) is 0 Å². The van der Waals surface area contributed by atoms with Gasteiger partial charge in [-0.2, -0.15) is 5.10 Å². The van der Waals surface area contributed by atoms with Gasteiger partial charge in [-0.3, -0.25) is 14.5 Å². The van der Waals surface area contributed by atoms with Gasteiger partial charge in [0.2, 0.25) is 0 Å². The molecular weight excluding hydrogens is 262 g/mol. The number of hydrogen-bond acceptors (Lipinski definition) is 4. The van der Waals surface area contributed by atoms with Crippen molar-refractivity contribution in [1.82, 2.24) is 24.9 Å². The maximum absolute atomic E-state index is 4.50. The van der Waals surface area contributed by atoms with E-state index in [2.05, 4.69) is 47.2 Å². The van der Waals surface area contributed by atoms with Crippen LogP contribution in [0, 0.1) is 6.92 Å². The molecule has 2 bridgehead atoms. The Morgan fingerprint density at radius 3 is 2.62 bits per heavy atom. The molecule has 0 amide bonds. The van der Waals surface area contributed by atoms with Gasteiger partial charge in [-0.05, 0) is 26.0 Å². The summed E-state index contributed by atoms with van der Waals surface area (Å²) in [5, 5.41) is 8.30. The minimum Gasteiger partial charge on any atom is -0.312 e. The molecule has 0 saturated carbocycles. The Labute approximate surface area is 128 Å². The van der Waals surface area contributed by atoms with Crippen LogP contribution in [0.3, 0.4) is 0 Å². The number of piperazine rings is 3. The quantitative estimate of drug-likeness (QED) is 0.834. The molecule has 0 radical (unpaired) electrons. The first kappa shape index (κ1) is 15.0. The van der Waals surface area contributed by atoms with Crippen molar-refractivity contribution in [3.05, 3.63) is 17.5 Å². The average Bonchev–Trinajstić information content (AvgIpc) is 2.82. The van der Waals surface area contributed by atoms with Gasteiger partial charge in [-0.1, -0.05) is 6.92 Å². The molecule has 2 atom stereocenters. The maximum atomic E-state index is 4.50. The Hall–Kier alpha value is -0.910. The topological polar surface area (TPSA) is 36.3 Å². The van der Waals surface area contributed by atoms with Gasteiger partial charge >= 0.3 is 0 Å². The molecule has 1 aromatic rings. The van der Waals surface area contributed by atoms with Crippen molar-refractivity contribution in [2.75, 3.05) is 39.3 Å². The molecular formula is C16H29N5. The monoisotopic (exact) mass is 291 g/mol. The number of nitrogens with zero attached hydrogens (tertiary/aromatic N) is 4. The highest BCUT2D eigenvalue weighted by Crippen LogP contribution is 2.20. The van der Waals surface area contributed by atoms with Crippen LogP contribution >= 0.6 is 0 Å². The molecule has 5 heteroatoms. The predicted octanol–water partition coefficient (Wildman–Crippen LogP) is 0.639. The number of hydrogen-bond donors (Lipinski definition) is 1. The first-order valence-corrected chi connectivity index (χ1v) is 8.36. The van der Waals surface area contributed by atoms with Gasteiger partial charge < -0.3 is 5.32 Å². The summed E-state index contributed by atoms with van der Waals surface area (Å²) in [6.07, 6.45) is 2.27. The van der Waals surface area contributed by atoms with Crippen LogP contribution in [0.1, 0.15) is 24.7 Å². The van der Waals surface area contributed by atoms with E-state index < -0.39 is 0 Å². The van der Waals surface area contributed by atoms with Gasteiger partial charge in [0, 0.05) is 64.0 Å². The molecule has 0 spiro atoms. The molecule has 1 N–H and O–H groups in total. The van der Waals surface area contributed by atoms with Crippen LogP contribution in [0.15, 0.2) is 6.07 Å². The molecule has 4 heterocycles. The molecule has 21 heavy (non-hydrogen) atoms. The molecule has 2 unspecified atom stereocenters. The maximum Gasteiger partial charge on any atom is 0.0596 e. The fourth-order valence-electron chi connectivity index (χ4n) is 3.79. The first-order valence-electron chi connectivity index (χ1n) is 8.36. The Morgan fingerprint density at radius 1 is 1.33 bits per heavy atom. The van der Waals surface area contributed by atoms with Gasteiger partial charge in [0.05, 0.1) is 5.69 Å². The zero-order valence-electron chi connectivity index (χ0n) is 13.7. The molecule has 3 saturated heterocycles. The van der Waals surface area contributed by atoms with Crippen molar-refractivity contribution in [3.8, 4) is 0 Å². The van der Waals surface area contributed by atoms with Crippen molar-refractivity contribution >= 4 is 0 Å². The third-order valence-electron chi connectivity index (χ3n) is 4.97. The van der Waals surface area contributed by atoms with Gasteiger partial charge in [0.15, 0.2) is 0 Å². The lowest BCUT2D eigenvalue weighted by atomic mass is 9.96. The van der Waals surface area contributed by atoms with Crippen LogP contribution in [0.4, 0.5) is 0 Å². The Balaban J connectivity index is 1.72. The second kappa shape index (κ2) is 6.46. The van der Waals surface area contributed by atoms with Crippen LogP contribution in [0.25, 0.3) is 0 Å². The summed E-state index contributed by atoms with van der Waals surface area (Å²) in [6, 6.07) is 3.41. The van der Waals surface area contributed by atoms with E-state index >= 15 is 0 Å². The second-order valence-corrected chi connectivity index (χ2v) is 6.57. The molecule has 4 rings (SSSR count). The second-order valence-electron chi connectivity index (χ2n) is 6.57. The smallest absolute Gasteiger partial charge is 0.0596 e. The first-order chi connectivity index (χ1) is 10.2. The SMILES string of the molecule is CCCNC(Cc1cc(C)nn1C)C1CN2CCN1CC2. The Morgan fingerprint density at radius 2 is 2.10 bits per heavy atom. The predicted molar refractivity (Wildman–Crippen MR) is 85.5 cm³/mol. The molecule has 0 aromatic carbocycles. The summed E-state index contributed by atoms with van der Waals surface area (Å²) >= 11 is 0. The van der Waals surface area contributed by atoms with Crippen LogP contribution in [0.2, 0.25) is 0 Å². The van der Waals surface area contributed by atoms with Crippen molar-refractivity contribution < 1.29 is 0 Å². The van der Waals surface area contributed by atoms with E-state index in [1.54, 1.807) is 0 Å². The van der Waals surface area contributed by atoms with E-state index in [0.29, 0.717) is 12.1 Å². The number of rotatable bonds is 6. The van der Waals surface area contributed by atoms with Crippen LogP contribution in [0.5, 0.6) is 0 Å². The fourth-order valence-corrected chi connectivity index (χ4v) is 3.79. The number of aryl methyl sites for hydroxylation is 2. The zero-order chi connectivity index (χ0) is 14.8. The third-order valence-corrected chi connectivity index (χ3v) is 4.97. The summed E-state index contributed by atoms with van der Waals surface area (Å²) in [5.41, 5.74) is 2.47. The lowest BCUT2D eigenvalue weighted by Gasteiger charge is -2.50. The molecule has 1 aromatic heterocycles. The lowest BCUT2D eigenvalue weighted by Crippen LogP contribution is -2.66. The Bertz CT molecular complexity index is 461. The van der Waals surface area contributed by atoms with Crippen LogP contribution in [-0.2, 0) is 13.5 Å². The van der Waals surface area contributed by atoms with E-state index in [4.69, 9.17) is 0 Å². The fraction of sp³-hybridized carbons (Fsp3) is 0.812. The largest absolute Gasteiger partial charge is 0.312 e. The molecule has 118 valence electrons. The van der Waals surface area contributed by atoms with Crippen molar-refractivity contribution in [1.29, 1.82) is 0 Å². The zero-order valence-corrected chi connectivity index (χ0v) is 13.7. The van der Waals surface area contributed by atoms with Crippen molar-refractivity contribution in [3.63, 3.8) is 0 Å². The van der Waals surface area contributed by atoms with Crippen LogP contribution < -0.4 is 5.32 Å². The minimum absolute atomic E-state index is 0.530. The minimum atomic E-state index is 0.530. The summed E-state index contributed by atoms with van der Waals surface area (Å²) in [5.74, 6) is 0. The normalized spacial score (nSPS) is 29.8. The summed E-state index contributed by atoms with van der Waals surface area (Å²) in [6.45, 7) is 11.6. The van der Waals surface area contributed by atoms with Gasteiger partial charge in [0.25, 0.3) is 0 Å². The van der Waals surface area contributed by atoms with Gasteiger partial charge in [-0.25, -0.2) is 0 Å². The van der Waals surface area contributed by atoms with E-state index in [1.807, 2.05) is 4.68 Å². The standard InChI is InChI=1S/C16H29N5/c1-4-5-17-15(11-14-10-13(2)18-19(14)3)16-12-20-6-8-21(16)9-7-20/h10,15-17H,4-9,11-12H2,1-3H3. The van der Waals surface area contributed by atoms with E-state index in [9.17, 15) is 0 Å². The molecule has 3 aliphatic rings. The highest BCUT2D eigenvalue weighted by Gasteiger charge is 2.36. The number of fused-ring (bicyclic) bond motifs is 3. The molecule has 3 fully saturated rings. The molecule has 5 nitrogen and oxygen atoms in total. The van der Waals surface area contributed by atoms with E-state index in [-0.39, 0.29) is 0 Å². The number of aromatic nitrogens is 2. The van der Waals surface area contributed by atoms with Crippen LogP contribution in [-0.4, -0.2) is 70.9 Å². The third kappa shape index (κ3) is 3.30. The summed E-state index contributed by atoms with van der Waals surface area (Å²) in [7, 11) is 2.07. The summed E-state index contributed by atoms with van der Waals surface area (Å²) in [4.78, 5) is 5.32. The van der Waals surface area contributed by atoms with E-state index in [1.165, 1.54) is 44.8 Å². The summed E-state index contributed by atoms with van der Waals surface area (Å²) < 4.78 is 2.05. The lowest BCUT2D eigenvalue weighted by molar-refractivity contribution is -0.00334. The molecule has 0 aliphatic carbocycles. The number of nitrogens with one attached hydrogen (secondary N) is 1. The highest BCUT2D eigenvalue weighted by atomic mass is 15.4. The molecule has 3 aliphatic heterocycles. The Kier molecular flexibility index (Phi) is 4.62.